The summed E-state index contributed by atoms with van der Waals surface area (Å²) >= 11 is 5.00. The SMILES string of the molecule is CCOC(=O)C(C)Nc1ccc(C)cc1C(N)=S. The van der Waals surface area contributed by atoms with Gasteiger partial charge in [-0.25, -0.2) is 4.79 Å². The number of benzene rings is 1. The molecule has 98 valence electrons. The van der Waals surface area contributed by atoms with Crippen LogP contribution in [-0.4, -0.2) is 23.6 Å². The van der Waals surface area contributed by atoms with E-state index in [4.69, 9.17) is 22.7 Å². The van der Waals surface area contributed by atoms with Gasteiger partial charge in [0, 0.05) is 11.3 Å². The third kappa shape index (κ3) is 3.70. The van der Waals surface area contributed by atoms with Crippen molar-refractivity contribution < 1.29 is 9.53 Å². The number of hydrogen-bond acceptors (Lipinski definition) is 4. The second-order valence-electron chi connectivity index (χ2n) is 4.03. The maximum atomic E-state index is 11.5. The average Bonchev–Trinajstić information content (AvgIpc) is 2.31. The topological polar surface area (TPSA) is 64.3 Å². The van der Waals surface area contributed by atoms with Gasteiger partial charge >= 0.3 is 5.97 Å². The number of carbonyl (C=O) groups is 1. The Morgan fingerprint density at radius 2 is 2.22 bits per heavy atom. The minimum absolute atomic E-state index is 0.299. The molecule has 1 aromatic carbocycles. The first-order chi connectivity index (χ1) is 8.45. The van der Waals surface area contributed by atoms with Crippen LogP contribution in [0.5, 0.6) is 0 Å². The number of nitrogens with one attached hydrogen (secondary N) is 1. The van der Waals surface area contributed by atoms with Crippen LogP contribution in [0.3, 0.4) is 0 Å². The fraction of sp³-hybridized carbons (Fsp3) is 0.385. The molecule has 5 heteroatoms. The lowest BCUT2D eigenvalue weighted by Gasteiger charge is -2.17. The largest absolute Gasteiger partial charge is 0.464 e. The van der Waals surface area contributed by atoms with E-state index in [0.29, 0.717) is 11.6 Å². The highest BCUT2D eigenvalue weighted by molar-refractivity contribution is 7.80. The van der Waals surface area contributed by atoms with Crippen LogP contribution in [-0.2, 0) is 9.53 Å². The Kier molecular flexibility index (Phi) is 5.09. The van der Waals surface area contributed by atoms with Gasteiger partial charge in [-0.2, -0.15) is 0 Å². The number of anilines is 1. The summed E-state index contributed by atoms with van der Waals surface area (Å²) in [6.45, 7) is 5.83. The predicted molar refractivity (Wildman–Crippen MR) is 76.8 cm³/mol. The number of aryl methyl sites for hydroxylation is 1. The van der Waals surface area contributed by atoms with Crippen molar-refractivity contribution in [3.8, 4) is 0 Å². The number of thiocarbonyl (C=S) groups is 1. The van der Waals surface area contributed by atoms with Gasteiger partial charge < -0.3 is 15.8 Å². The van der Waals surface area contributed by atoms with Crippen molar-refractivity contribution in [2.24, 2.45) is 5.73 Å². The van der Waals surface area contributed by atoms with Gasteiger partial charge in [0.1, 0.15) is 11.0 Å². The maximum absolute atomic E-state index is 11.5. The van der Waals surface area contributed by atoms with Crippen LogP contribution in [0.15, 0.2) is 18.2 Å². The van der Waals surface area contributed by atoms with Crippen LogP contribution in [0.4, 0.5) is 5.69 Å². The van der Waals surface area contributed by atoms with Crippen molar-refractivity contribution in [3.05, 3.63) is 29.3 Å². The Morgan fingerprint density at radius 1 is 1.56 bits per heavy atom. The molecule has 0 aliphatic heterocycles. The van der Waals surface area contributed by atoms with Crippen LogP contribution in [0.2, 0.25) is 0 Å². The molecular formula is C13H18N2O2S. The Balaban J connectivity index is 2.90. The molecule has 0 aliphatic rings. The summed E-state index contributed by atoms with van der Waals surface area (Å²) < 4.78 is 4.93. The zero-order valence-electron chi connectivity index (χ0n) is 10.8. The highest BCUT2D eigenvalue weighted by Crippen LogP contribution is 2.18. The minimum Gasteiger partial charge on any atom is -0.464 e. The minimum atomic E-state index is -0.444. The molecule has 0 saturated carbocycles. The number of nitrogens with two attached hydrogens (primary N) is 1. The summed E-state index contributed by atoms with van der Waals surface area (Å²) in [6, 6.07) is 5.24. The third-order valence-electron chi connectivity index (χ3n) is 2.45. The first kappa shape index (κ1) is 14.4. The first-order valence-corrected chi connectivity index (χ1v) is 6.20. The predicted octanol–water partition coefficient (Wildman–Crippen LogP) is 1.99. The highest BCUT2D eigenvalue weighted by atomic mass is 32.1. The van der Waals surface area contributed by atoms with Crippen LogP contribution in [0.25, 0.3) is 0 Å². The maximum Gasteiger partial charge on any atom is 0.328 e. The van der Waals surface area contributed by atoms with Crippen LogP contribution in [0.1, 0.15) is 25.0 Å². The average molecular weight is 266 g/mol. The van der Waals surface area contributed by atoms with Crippen molar-refractivity contribution in [3.63, 3.8) is 0 Å². The molecule has 18 heavy (non-hydrogen) atoms. The number of hydrogen-bond donors (Lipinski definition) is 2. The standard InChI is InChI=1S/C13H18N2O2S/c1-4-17-13(16)9(3)15-11-6-5-8(2)7-10(11)12(14)18/h5-7,9,15H,4H2,1-3H3,(H2,14,18). The molecule has 0 bridgehead atoms. The van der Waals surface area contributed by atoms with E-state index in [1.54, 1.807) is 13.8 Å². The number of carbonyl (C=O) groups excluding carboxylic acids is 1. The Morgan fingerprint density at radius 3 is 2.78 bits per heavy atom. The summed E-state index contributed by atoms with van der Waals surface area (Å²) in [5, 5.41) is 3.06. The lowest BCUT2D eigenvalue weighted by molar-refractivity contribution is -0.143. The Bertz CT molecular complexity index is 460. The quantitative estimate of drug-likeness (QED) is 0.630. The van der Waals surface area contributed by atoms with Crippen molar-refractivity contribution in [2.45, 2.75) is 26.8 Å². The van der Waals surface area contributed by atoms with Crippen molar-refractivity contribution in [1.29, 1.82) is 0 Å². The van der Waals surface area contributed by atoms with Gasteiger partial charge in [0.05, 0.1) is 6.61 Å². The van der Waals surface area contributed by atoms with E-state index in [1.807, 2.05) is 25.1 Å². The lowest BCUT2D eigenvalue weighted by atomic mass is 10.1. The molecule has 0 amide bonds. The lowest BCUT2D eigenvalue weighted by Crippen LogP contribution is -2.29. The molecule has 4 nitrogen and oxygen atoms in total. The molecule has 1 unspecified atom stereocenters. The fourth-order valence-corrected chi connectivity index (χ4v) is 1.72. The molecule has 1 aromatic rings. The van der Waals surface area contributed by atoms with Gasteiger partial charge in [0.25, 0.3) is 0 Å². The van der Waals surface area contributed by atoms with Crippen molar-refractivity contribution in [2.75, 3.05) is 11.9 Å². The van der Waals surface area contributed by atoms with Crippen LogP contribution in [0, 0.1) is 6.92 Å². The summed E-state index contributed by atoms with van der Waals surface area (Å²) in [5.74, 6) is -0.299. The van der Waals surface area contributed by atoms with E-state index >= 15 is 0 Å². The molecule has 0 aromatic heterocycles. The fourth-order valence-electron chi connectivity index (χ4n) is 1.55. The highest BCUT2D eigenvalue weighted by Gasteiger charge is 2.15. The molecule has 1 atom stereocenters. The molecular weight excluding hydrogens is 248 g/mol. The van der Waals surface area contributed by atoms with Gasteiger partial charge in [-0.15, -0.1) is 0 Å². The summed E-state index contributed by atoms with van der Waals surface area (Å²) in [7, 11) is 0. The van der Waals surface area contributed by atoms with Gasteiger partial charge in [0.2, 0.25) is 0 Å². The summed E-state index contributed by atoms with van der Waals surface area (Å²) in [5.41, 5.74) is 8.21. The second-order valence-corrected chi connectivity index (χ2v) is 4.47. The zero-order valence-corrected chi connectivity index (χ0v) is 11.6. The summed E-state index contributed by atoms with van der Waals surface area (Å²) in [4.78, 5) is 11.8. The number of esters is 1. The van der Waals surface area contributed by atoms with E-state index in [2.05, 4.69) is 5.32 Å². The van der Waals surface area contributed by atoms with Gasteiger partial charge in [-0.3, -0.25) is 0 Å². The molecule has 3 N–H and O–H groups in total. The van der Waals surface area contributed by atoms with Gasteiger partial charge in [-0.05, 0) is 32.9 Å². The summed E-state index contributed by atoms with van der Waals surface area (Å²) in [6.07, 6.45) is 0. The van der Waals surface area contributed by atoms with E-state index < -0.39 is 6.04 Å². The van der Waals surface area contributed by atoms with E-state index in [9.17, 15) is 4.79 Å². The number of rotatable bonds is 5. The first-order valence-electron chi connectivity index (χ1n) is 5.79. The molecule has 0 saturated heterocycles. The molecule has 0 fully saturated rings. The second kappa shape index (κ2) is 6.35. The van der Waals surface area contributed by atoms with E-state index in [-0.39, 0.29) is 5.97 Å². The molecule has 0 heterocycles. The zero-order chi connectivity index (χ0) is 13.7. The van der Waals surface area contributed by atoms with Gasteiger partial charge in [0.15, 0.2) is 0 Å². The Labute approximate surface area is 113 Å². The molecule has 0 radical (unpaired) electrons. The van der Waals surface area contributed by atoms with Gasteiger partial charge in [-0.1, -0.05) is 23.8 Å². The molecule has 1 rings (SSSR count). The Hall–Kier alpha value is -1.62. The number of ether oxygens (including phenoxy) is 1. The monoisotopic (exact) mass is 266 g/mol. The van der Waals surface area contributed by atoms with E-state index in [1.165, 1.54) is 0 Å². The third-order valence-corrected chi connectivity index (χ3v) is 2.67. The normalized spacial score (nSPS) is 11.7. The van der Waals surface area contributed by atoms with Crippen LogP contribution < -0.4 is 11.1 Å². The molecule has 0 spiro atoms. The van der Waals surface area contributed by atoms with E-state index in [0.717, 1.165) is 16.8 Å². The van der Waals surface area contributed by atoms with Crippen molar-refractivity contribution in [1.82, 2.24) is 0 Å². The van der Waals surface area contributed by atoms with Crippen LogP contribution >= 0.6 is 12.2 Å². The smallest absolute Gasteiger partial charge is 0.328 e. The van der Waals surface area contributed by atoms with Crippen molar-refractivity contribution >= 4 is 28.9 Å². The molecule has 0 aliphatic carbocycles.